The van der Waals surface area contributed by atoms with Crippen LogP contribution in [0, 0.1) is 0 Å². The fourth-order valence-electron chi connectivity index (χ4n) is 0.337. The molecule has 0 aliphatic carbocycles. The first-order valence-corrected chi connectivity index (χ1v) is 2.58. The molecule has 1 N–H and O–H groups in total. The minimum absolute atomic E-state index is 0.132. The van der Waals surface area contributed by atoms with Crippen LogP contribution in [0.3, 0.4) is 0 Å². The van der Waals surface area contributed by atoms with Gasteiger partial charge >= 0.3 is 0 Å². The molecule has 46 valence electrons. The van der Waals surface area contributed by atoms with E-state index < -0.39 is 0 Å². The molecule has 0 aromatic rings. The molecule has 0 radical (unpaired) electrons. The van der Waals surface area contributed by atoms with Crippen LogP contribution in [-0.2, 0) is 4.79 Å². The van der Waals surface area contributed by atoms with Crippen molar-refractivity contribution in [1.82, 2.24) is 0 Å². The number of Topliss-reactive ketones (excluding diaryl/α,β-unsaturated/α-hetero) is 1. The van der Waals surface area contributed by atoms with Crippen molar-refractivity contribution < 1.29 is 9.90 Å². The Labute approximate surface area is 48.8 Å². The molecule has 0 rings (SSSR count). The Morgan fingerprint density at radius 1 is 1.75 bits per heavy atom. The van der Waals surface area contributed by atoms with Gasteiger partial charge in [0.15, 0.2) is 11.5 Å². The number of aliphatic hydroxyl groups excluding tert-OH is 1. The molecule has 0 aliphatic heterocycles. The Morgan fingerprint density at radius 2 is 2.25 bits per heavy atom. The van der Waals surface area contributed by atoms with Crippen molar-refractivity contribution >= 4 is 5.78 Å². The SMILES string of the molecule is CCC=C(O)C(C)=O. The summed E-state index contributed by atoms with van der Waals surface area (Å²) in [5, 5.41) is 8.64. The number of hydrogen-bond acceptors (Lipinski definition) is 2. The second kappa shape index (κ2) is 3.24. The van der Waals surface area contributed by atoms with E-state index in [1.165, 1.54) is 13.0 Å². The molecule has 8 heavy (non-hydrogen) atoms. The number of carbonyl (C=O) groups excluding carboxylic acids is 1. The van der Waals surface area contributed by atoms with Gasteiger partial charge < -0.3 is 5.11 Å². The highest BCUT2D eigenvalue weighted by molar-refractivity contribution is 5.90. The third kappa shape index (κ3) is 2.39. The van der Waals surface area contributed by atoms with Gasteiger partial charge in [-0.05, 0) is 12.5 Å². The molecule has 0 aliphatic rings. The summed E-state index contributed by atoms with van der Waals surface area (Å²) in [5.74, 6) is -0.403. The van der Waals surface area contributed by atoms with Crippen molar-refractivity contribution in [2.75, 3.05) is 0 Å². The maximum atomic E-state index is 10.2. The van der Waals surface area contributed by atoms with Gasteiger partial charge in [0.25, 0.3) is 0 Å². The topological polar surface area (TPSA) is 37.3 Å². The van der Waals surface area contributed by atoms with E-state index >= 15 is 0 Å². The van der Waals surface area contributed by atoms with Crippen LogP contribution >= 0.6 is 0 Å². The van der Waals surface area contributed by atoms with E-state index in [4.69, 9.17) is 5.11 Å². The minimum Gasteiger partial charge on any atom is -0.505 e. The maximum absolute atomic E-state index is 10.2. The highest BCUT2D eigenvalue weighted by Gasteiger charge is 1.94. The first-order valence-electron chi connectivity index (χ1n) is 2.58. The van der Waals surface area contributed by atoms with Gasteiger partial charge in [0, 0.05) is 6.92 Å². The van der Waals surface area contributed by atoms with Crippen LogP contribution in [0.5, 0.6) is 0 Å². The molecule has 0 fully saturated rings. The van der Waals surface area contributed by atoms with Crippen molar-refractivity contribution in [3.8, 4) is 0 Å². The van der Waals surface area contributed by atoms with E-state index in [0.717, 1.165) is 0 Å². The van der Waals surface area contributed by atoms with Crippen LogP contribution in [0.4, 0.5) is 0 Å². The summed E-state index contributed by atoms with van der Waals surface area (Å²) in [6.45, 7) is 3.20. The molecular formula is C6H10O2. The van der Waals surface area contributed by atoms with Crippen LogP contribution in [0.2, 0.25) is 0 Å². The molecule has 0 aromatic heterocycles. The summed E-state index contributed by atoms with van der Waals surface area (Å²) in [4.78, 5) is 10.2. The number of carbonyl (C=O) groups is 1. The Hall–Kier alpha value is -0.790. The number of ketones is 1. The van der Waals surface area contributed by atoms with Crippen molar-refractivity contribution in [2.45, 2.75) is 20.3 Å². The highest BCUT2D eigenvalue weighted by Crippen LogP contribution is 1.90. The Balaban J connectivity index is 3.80. The van der Waals surface area contributed by atoms with Crippen LogP contribution in [-0.4, -0.2) is 10.9 Å². The van der Waals surface area contributed by atoms with Crippen LogP contribution in [0.25, 0.3) is 0 Å². The lowest BCUT2D eigenvalue weighted by atomic mass is 10.3. The van der Waals surface area contributed by atoms with Gasteiger partial charge in [-0.2, -0.15) is 0 Å². The number of aliphatic hydroxyl groups is 1. The fourth-order valence-corrected chi connectivity index (χ4v) is 0.337. The first-order chi connectivity index (χ1) is 3.68. The predicted octanol–water partition coefficient (Wildman–Crippen LogP) is 1.43. The molecule has 0 bridgehead atoms. The highest BCUT2D eigenvalue weighted by atomic mass is 16.3. The zero-order chi connectivity index (χ0) is 6.57. The molecule has 2 heteroatoms. The Kier molecular flexibility index (Phi) is 2.92. The quantitative estimate of drug-likeness (QED) is 0.435. The third-order valence-corrected chi connectivity index (χ3v) is 0.758. The van der Waals surface area contributed by atoms with Gasteiger partial charge in [0.05, 0.1) is 0 Å². The number of allylic oxidation sites excluding steroid dienone is 2. The van der Waals surface area contributed by atoms with E-state index in [9.17, 15) is 4.79 Å². The summed E-state index contributed by atoms with van der Waals surface area (Å²) in [7, 11) is 0. The Morgan fingerprint density at radius 3 is 2.38 bits per heavy atom. The molecule has 0 aromatic carbocycles. The van der Waals surface area contributed by atoms with E-state index in [0.29, 0.717) is 6.42 Å². The summed E-state index contributed by atoms with van der Waals surface area (Å²) < 4.78 is 0. The summed E-state index contributed by atoms with van der Waals surface area (Å²) in [6.07, 6.45) is 2.19. The van der Waals surface area contributed by atoms with Crippen molar-refractivity contribution in [1.29, 1.82) is 0 Å². The third-order valence-electron chi connectivity index (χ3n) is 0.758. The van der Waals surface area contributed by atoms with Gasteiger partial charge in [-0.3, -0.25) is 4.79 Å². The minimum atomic E-state index is -0.271. The molecule has 2 nitrogen and oxygen atoms in total. The first kappa shape index (κ1) is 7.21. The molecule has 0 amide bonds. The monoisotopic (exact) mass is 114 g/mol. The van der Waals surface area contributed by atoms with Crippen LogP contribution < -0.4 is 0 Å². The van der Waals surface area contributed by atoms with Gasteiger partial charge in [-0.1, -0.05) is 6.92 Å². The van der Waals surface area contributed by atoms with Gasteiger partial charge in [0.1, 0.15) is 0 Å². The maximum Gasteiger partial charge on any atom is 0.193 e. The molecule has 0 saturated heterocycles. The smallest absolute Gasteiger partial charge is 0.193 e. The second-order valence-electron chi connectivity index (χ2n) is 1.55. The molecule has 0 spiro atoms. The standard InChI is InChI=1S/C6H10O2/c1-3-4-6(8)5(2)7/h4,8H,3H2,1-2H3. The van der Waals surface area contributed by atoms with E-state index in [1.54, 1.807) is 0 Å². The summed E-state index contributed by atoms with van der Waals surface area (Å²) in [5.41, 5.74) is 0. The zero-order valence-corrected chi connectivity index (χ0v) is 5.14. The van der Waals surface area contributed by atoms with E-state index in [-0.39, 0.29) is 11.5 Å². The molecule has 0 unspecified atom stereocenters. The van der Waals surface area contributed by atoms with Crippen molar-refractivity contribution in [3.63, 3.8) is 0 Å². The van der Waals surface area contributed by atoms with Crippen molar-refractivity contribution in [2.24, 2.45) is 0 Å². The van der Waals surface area contributed by atoms with Gasteiger partial charge in [0.2, 0.25) is 0 Å². The molecule has 0 heterocycles. The predicted molar refractivity (Wildman–Crippen MR) is 31.7 cm³/mol. The summed E-state index contributed by atoms with van der Waals surface area (Å²) in [6, 6.07) is 0. The lowest BCUT2D eigenvalue weighted by Crippen LogP contribution is -1.93. The van der Waals surface area contributed by atoms with E-state index in [1.807, 2.05) is 6.92 Å². The lowest BCUT2D eigenvalue weighted by Gasteiger charge is -1.87. The molecule has 0 saturated carbocycles. The van der Waals surface area contributed by atoms with Crippen LogP contribution in [0.1, 0.15) is 20.3 Å². The largest absolute Gasteiger partial charge is 0.505 e. The number of hydrogen-bond donors (Lipinski definition) is 1. The second-order valence-corrected chi connectivity index (χ2v) is 1.55. The number of rotatable bonds is 2. The van der Waals surface area contributed by atoms with Gasteiger partial charge in [-0.15, -0.1) is 0 Å². The zero-order valence-electron chi connectivity index (χ0n) is 5.14. The molecular weight excluding hydrogens is 104 g/mol. The van der Waals surface area contributed by atoms with Crippen molar-refractivity contribution in [3.05, 3.63) is 11.8 Å². The van der Waals surface area contributed by atoms with Crippen LogP contribution in [0.15, 0.2) is 11.8 Å². The van der Waals surface area contributed by atoms with E-state index in [2.05, 4.69) is 0 Å². The average molecular weight is 114 g/mol. The molecule has 0 atom stereocenters. The Bertz CT molecular complexity index is 114. The summed E-state index contributed by atoms with van der Waals surface area (Å²) >= 11 is 0. The van der Waals surface area contributed by atoms with Gasteiger partial charge in [-0.25, -0.2) is 0 Å². The average Bonchev–Trinajstić information content (AvgIpc) is 1.67. The lowest BCUT2D eigenvalue weighted by molar-refractivity contribution is -0.115. The fraction of sp³-hybridized carbons (Fsp3) is 0.500. The normalized spacial score (nSPS) is 11.5.